The van der Waals surface area contributed by atoms with Gasteiger partial charge in [0.25, 0.3) is 0 Å². The van der Waals surface area contributed by atoms with E-state index in [0.717, 1.165) is 6.42 Å². The minimum Gasteiger partial charge on any atom is -0.382 e. The molecule has 0 unspecified atom stereocenters. The van der Waals surface area contributed by atoms with Gasteiger partial charge in [-0.1, -0.05) is 0 Å². The van der Waals surface area contributed by atoms with Gasteiger partial charge in [-0.15, -0.1) is 0 Å². The van der Waals surface area contributed by atoms with Gasteiger partial charge in [0, 0.05) is 20.3 Å². The fraction of sp³-hybridized carbons (Fsp3) is 0.818. The van der Waals surface area contributed by atoms with E-state index in [-0.39, 0.29) is 5.91 Å². The van der Waals surface area contributed by atoms with Crippen molar-refractivity contribution in [1.29, 1.82) is 5.26 Å². The molecular weight excluding hydrogens is 208 g/mol. The first kappa shape index (κ1) is 12.9. The molecular formula is C11H18N2O3. The number of methoxy groups -OCH3 is 1. The average Bonchev–Trinajstić information content (AvgIpc) is 3.08. The predicted molar refractivity (Wildman–Crippen MR) is 57.6 cm³/mol. The highest BCUT2D eigenvalue weighted by molar-refractivity contribution is 5.88. The van der Waals surface area contributed by atoms with Gasteiger partial charge in [0.2, 0.25) is 5.91 Å². The standard InChI is InChI=1S/C11H18N2O3/c1-15-7-8-16-6-2-5-13-10(14)11(9-12)3-4-11/h2-8H2,1H3,(H,13,14). The van der Waals surface area contributed by atoms with Crippen molar-refractivity contribution in [3.05, 3.63) is 0 Å². The van der Waals surface area contributed by atoms with Crippen LogP contribution in [-0.4, -0.2) is 39.4 Å². The Kier molecular flexibility index (Phi) is 5.23. The molecule has 1 rings (SSSR count). The molecule has 5 nitrogen and oxygen atoms in total. The molecule has 16 heavy (non-hydrogen) atoms. The summed E-state index contributed by atoms with van der Waals surface area (Å²) in [6.07, 6.45) is 2.15. The van der Waals surface area contributed by atoms with Crippen LogP contribution in [0.4, 0.5) is 0 Å². The zero-order chi connectivity index (χ0) is 11.9. The summed E-state index contributed by atoms with van der Waals surface area (Å²) >= 11 is 0. The molecule has 90 valence electrons. The molecule has 5 heteroatoms. The zero-order valence-corrected chi connectivity index (χ0v) is 9.62. The SMILES string of the molecule is COCCOCCCNC(=O)C1(C#N)CC1. The van der Waals surface area contributed by atoms with Crippen molar-refractivity contribution < 1.29 is 14.3 Å². The first-order valence-corrected chi connectivity index (χ1v) is 5.51. The van der Waals surface area contributed by atoms with E-state index >= 15 is 0 Å². The van der Waals surface area contributed by atoms with E-state index in [1.54, 1.807) is 7.11 Å². The summed E-state index contributed by atoms with van der Waals surface area (Å²) in [4.78, 5) is 11.5. The average molecular weight is 226 g/mol. The number of nitrogens with one attached hydrogen (secondary N) is 1. The largest absolute Gasteiger partial charge is 0.382 e. The third-order valence-electron chi connectivity index (χ3n) is 2.58. The Hall–Kier alpha value is -1.12. The summed E-state index contributed by atoms with van der Waals surface area (Å²) in [5, 5.41) is 11.5. The number of amides is 1. The molecule has 0 aromatic carbocycles. The van der Waals surface area contributed by atoms with E-state index in [0.29, 0.717) is 39.2 Å². The second-order valence-electron chi connectivity index (χ2n) is 3.91. The molecule has 1 N–H and O–H groups in total. The van der Waals surface area contributed by atoms with Crippen molar-refractivity contribution in [2.45, 2.75) is 19.3 Å². The Morgan fingerprint density at radius 3 is 2.75 bits per heavy atom. The van der Waals surface area contributed by atoms with Gasteiger partial charge < -0.3 is 14.8 Å². The maximum atomic E-state index is 11.5. The molecule has 0 heterocycles. The van der Waals surface area contributed by atoms with Crippen molar-refractivity contribution in [3.63, 3.8) is 0 Å². The van der Waals surface area contributed by atoms with Gasteiger partial charge in [0.05, 0.1) is 19.3 Å². The lowest BCUT2D eigenvalue weighted by Gasteiger charge is -2.08. The van der Waals surface area contributed by atoms with E-state index in [2.05, 4.69) is 11.4 Å². The molecule has 1 aliphatic rings. The molecule has 0 aromatic rings. The number of nitrogens with zero attached hydrogens (tertiary/aromatic N) is 1. The summed E-state index contributed by atoms with van der Waals surface area (Å²) in [5.74, 6) is -0.133. The van der Waals surface area contributed by atoms with Gasteiger partial charge >= 0.3 is 0 Å². The Morgan fingerprint density at radius 2 is 2.19 bits per heavy atom. The second kappa shape index (κ2) is 6.46. The third-order valence-corrected chi connectivity index (χ3v) is 2.58. The molecule has 0 radical (unpaired) electrons. The quantitative estimate of drug-likeness (QED) is 0.610. The van der Waals surface area contributed by atoms with E-state index in [9.17, 15) is 4.79 Å². The topological polar surface area (TPSA) is 71.3 Å². The maximum absolute atomic E-state index is 11.5. The first-order valence-electron chi connectivity index (χ1n) is 5.51. The molecule has 0 spiro atoms. The van der Waals surface area contributed by atoms with Gasteiger partial charge in [0.1, 0.15) is 5.41 Å². The summed E-state index contributed by atoms with van der Waals surface area (Å²) in [6.45, 7) is 2.33. The minimum atomic E-state index is -0.711. The molecule has 0 atom stereocenters. The van der Waals surface area contributed by atoms with Gasteiger partial charge in [-0.05, 0) is 19.3 Å². The molecule has 0 aromatic heterocycles. The van der Waals surface area contributed by atoms with Crippen LogP contribution in [0.25, 0.3) is 0 Å². The fourth-order valence-corrected chi connectivity index (χ4v) is 1.30. The Labute approximate surface area is 95.7 Å². The van der Waals surface area contributed by atoms with Gasteiger partial charge in [-0.25, -0.2) is 0 Å². The van der Waals surface area contributed by atoms with Crippen LogP contribution in [0, 0.1) is 16.7 Å². The lowest BCUT2D eigenvalue weighted by molar-refractivity contribution is -0.124. The highest BCUT2D eigenvalue weighted by Gasteiger charge is 2.50. The molecule has 1 fully saturated rings. The number of nitriles is 1. The van der Waals surface area contributed by atoms with E-state index in [1.165, 1.54) is 0 Å². The van der Waals surface area contributed by atoms with E-state index in [1.807, 2.05) is 0 Å². The highest BCUT2D eigenvalue weighted by Crippen LogP contribution is 2.44. The number of hydrogen-bond donors (Lipinski definition) is 1. The minimum absolute atomic E-state index is 0.133. The van der Waals surface area contributed by atoms with Gasteiger partial charge in [0.15, 0.2) is 0 Å². The normalized spacial score (nSPS) is 16.5. The maximum Gasteiger partial charge on any atom is 0.240 e. The lowest BCUT2D eigenvalue weighted by atomic mass is 10.1. The summed E-state index contributed by atoms with van der Waals surface area (Å²) in [5.41, 5.74) is -0.711. The van der Waals surface area contributed by atoms with Crippen LogP contribution in [-0.2, 0) is 14.3 Å². The number of hydrogen-bond acceptors (Lipinski definition) is 4. The Balaban J connectivity index is 1.96. The van der Waals surface area contributed by atoms with Crippen LogP contribution in [0.3, 0.4) is 0 Å². The van der Waals surface area contributed by atoms with E-state index < -0.39 is 5.41 Å². The zero-order valence-electron chi connectivity index (χ0n) is 9.62. The van der Waals surface area contributed by atoms with Gasteiger partial charge in [-0.3, -0.25) is 4.79 Å². The molecule has 1 aliphatic carbocycles. The first-order chi connectivity index (χ1) is 7.75. The number of rotatable bonds is 8. The van der Waals surface area contributed by atoms with Crippen LogP contribution in [0.15, 0.2) is 0 Å². The third kappa shape index (κ3) is 3.80. The molecule has 1 saturated carbocycles. The van der Waals surface area contributed by atoms with Crippen LogP contribution in [0.2, 0.25) is 0 Å². The highest BCUT2D eigenvalue weighted by atomic mass is 16.5. The van der Waals surface area contributed by atoms with Crippen molar-refractivity contribution >= 4 is 5.91 Å². The smallest absolute Gasteiger partial charge is 0.240 e. The lowest BCUT2D eigenvalue weighted by Crippen LogP contribution is -2.32. The predicted octanol–water partition coefficient (Wildman–Crippen LogP) is 0.459. The number of carbonyl (C=O) groups excluding carboxylic acids is 1. The summed E-state index contributed by atoms with van der Waals surface area (Å²) in [7, 11) is 1.63. The van der Waals surface area contributed by atoms with Crippen LogP contribution >= 0.6 is 0 Å². The van der Waals surface area contributed by atoms with Crippen molar-refractivity contribution in [1.82, 2.24) is 5.32 Å². The summed E-state index contributed by atoms with van der Waals surface area (Å²) in [6, 6.07) is 2.06. The Morgan fingerprint density at radius 1 is 1.44 bits per heavy atom. The van der Waals surface area contributed by atoms with Crippen molar-refractivity contribution in [3.8, 4) is 6.07 Å². The second-order valence-corrected chi connectivity index (χ2v) is 3.91. The number of ether oxygens (including phenoxy) is 2. The molecule has 1 amide bonds. The van der Waals surface area contributed by atoms with Crippen molar-refractivity contribution in [2.24, 2.45) is 5.41 Å². The molecule has 0 saturated heterocycles. The summed E-state index contributed by atoms with van der Waals surface area (Å²) < 4.78 is 10.1. The Bertz CT molecular complexity index is 269. The molecule has 0 bridgehead atoms. The van der Waals surface area contributed by atoms with Gasteiger partial charge in [-0.2, -0.15) is 5.26 Å². The van der Waals surface area contributed by atoms with Crippen molar-refractivity contribution in [2.75, 3.05) is 33.5 Å². The van der Waals surface area contributed by atoms with Crippen LogP contribution < -0.4 is 5.32 Å². The van der Waals surface area contributed by atoms with Crippen LogP contribution in [0.1, 0.15) is 19.3 Å². The fourth-order valence-electron chi connectivity index (χ4n) is 1.30. The van der Waals surface area contributed by atoms with Crippen LogP contribution in [0.5, 0.6) is 0 Å². The monoisotopic (exact) mass is 226 g/mol. The van der Waals surface area contributed by atoms with E-state index in [4.69, 9.17) is 14.7 Å². The molecule has 0 aliphatic heterocycles. The number of carbonyl (C=O) groups is 1.